The highest BCUT2D eigenvalue weighted by Crippen LogP contribution is 2.55. The molecule has 2 nitrogen and oxygen atoms in total. The number of methoxy groups -OCH3 is 1. The summed E-state index contributed by atoms with van der Waals surface area (Å²) in [6.45, 7) is 2.30. The molecule has 0 aromatic heterocycles. The Morgan fingerprint density at radius 1 is 1.60 bits per heavy atom. The average molecular weight is 227 g/mol. The molecule has 1 aromatic rings. The first-order valence-electron chi connectivity index (χ1n) is 5.09. The van der Waals surface area contributed by atoms with Gasteiger partial charge in [0.25, 0.3) is 0 Å². The Bertz CT molecular complexity index is 374. The number of rotatable bonds is 3. The molecule has 15 heavy (non-hydrogen) atoms. The lowest BCUT2D eigenvalue weighted by Crippen LogP contribution is -2.15. The third-order valence-electron chi connectivity index (χ3n) is 3.45. The predicted molar refractivity (Wildman–Crippen MR) is 60.5 cm³/mol. The van der Waals surface area contributed by atoms with Gasteiger partial charge in [0.1, 0.15) is 5.75 Å². The largest absolute Gasteiger partial charge is 0.497 e. The zero-order valence-corrected chi connectivity index (χ0v) is 9.71. The molecule has 0 heterocycles. The SMILES string of the molecule is COc1ccc(C2(CO)CC2C)c(Cl)c1. The fraction of sp³-hybridized carbons (Fsp3) is 0.500. The third kappa shape index (κ3) is 1.62. The Balaban J connectivity index is 2.37. The van der Waals surface area contributed by atoms with Crippen LogP contribution in [0.25, 0.3) is 0 Å². The van der Waals surface area contributed by atoms with Gasteiger partial charge in [-0.25, -0.2) is 0 Å². The van der Waals surface area contributed by atoms with Crippen LogP contribution in [0.1, 0.15) is 18.9 Å². The monoisotopic (exact) mass is 226 g/mol. The number of hydrogen-bond donors (Lipinski definition) is 1. The molecule has 0 spiro atoms. The van der Waals surface area contributed by atoms with Crippen molar-refractivity contribution in [3.05, 3.63) is 28.8 Å². The van der Waals surface area contributed by atoms with Gasteiger partial charge in [-0.15, -0.1) is 0 Å². The number of aliphatic hydroxyl groups is 1. The summed E-state index contributed by atoms with van der Waals surface area (Å²) in [6, 6.07) is 5.66. The summed E-state index contributed by atoms with van der Waals surface area (Å²) in [7, 11) is 1.62. The standard InChI is InChI=1S/C12H15ClO2/c1-8-6-12(8,7-14)10-4-3-9(15-2)5-11(10)13/h3-5,8,14H,6-7H2,1-2H3. The van der Waals surface area contributed by atoms with E-state index in [0.717, 1.165) is 17.7 Å². The van der Waals surface area contributed by atoms with Crippen LogP contribution in [0.3, 0.4) is 0 Å². The lowest BCUT2D eigenvalue weighted by Gasteiger charge is -2.16. The van der Waals surface area contributed by atoms with Crippen molar-refractivity contribution in [2.45, 2.75) is 18.8 Å². The van der Waals surface area contributed by atoms with Crippen molar-refractivity contribution in [2.24, 2.45) is 5.92 Å². The zero-order valence-electron chi connectivity index (χ0n) is 8.96. The lowest BCUT2D eigenvalue weighted by molar-refractivity contribution is 0.247. The van der Waals surface area contributed by atoms with E-state index in [4.69, 9.17) is 16.3 Å². The molecule has 1 aliphatic carbocycles. The minimum absolute atomic E-state index is 0.108. The van der Waals surface area contributed by atoms with Gasteiger partial charge in [-0.05, 0) is 30.0 Å². The van der Waals surface area contributed by atoms with E-state index < -0.39 is 0 Å². The molecule has 1 aromatic carbocycles. The average Bonchev–Trinajstić information content (AvgIpc) is 2.90. The minimum Gasteiger partial charge on any atom is -0.497 e. The van der Waals surface area contributed by atoms with Crippen LogP contribution >= 0.6 is 11.6 Å². The quantitative estimate of drug-likeness (QED) is 0.859. The molecule has 0 bridgehead atoms. The highest BCUT2D eigenvalue weighted by atomic mass is 35.5. The molecule has 3 heteroatoms. The molecular formula is C12H15ClO2. The van der Waals surface area contributed by atoms with E-state index in [1.54, 1.807) is 13.2 Å². The molecule has 2 unspecified atom stereocenters. The van der Waals surface area contributed by atoms with E-state index in [1.165, 1.54) is 0 Å². The summed E-state index contributed by atoms with van der Waals surface area (Å²) < 4.78 is 5.10. The van der Waals surface area contributed by atoms with Crippen LogP contribution in [0.5, 0.6) is 5.75 Å². The molecule has 0 radical (unpaired) electrons. The maximum Gasteiger partial charge on any atom is 0.120 e. The van der Waals surface area contributed by atoms with Gasteiger partial charge in [0.05, 0.1) is 13.7 Å². The molecule has 2 rings (SSSR count). The van der Waals surface area contributed by atoms with Crippen molar-refractivity contribution in [3.8, 4) is 5.75 Å². The number of ether oxygens (including phenoxy) is 1. The second-order valence-electron chi connectivity index (χ2n) is 4.27. The van der Waals surface area contributed by atoms with Gasteiger partial charge in [-0.2, -0.15) is 0 Å². The van der Waals surface area contributed by atoms with Crippen molar-refractivity contribution in [3.63, 3.8) is 0 Å². The second kappa shape index (κ2) is 3.69. The summed E-state index contributed by atoms with van der Waals surface area (Å²) in [4.78, 5) is 0. The van der Waals surface area contributed by atoms with Crippen LogP contribution in [-0.2, 0) is 5.41 Å². The maximum atomic E-state index is 9.44. The molecule has 1 N–H and O–H groups in total. The fourth-order valence-electron chi connectivity index (χ4n) is 2.20. The van der Waals surface area contributed by atoms with Crippen LogP contribution in [0.15, 0.2) is 18.2 Å². The maximum absolute atomic E-state index is 9.44. The summed E-state index contributed by atoms with van der Waals surface area (Å²) in [5.41, 5.74) is 0.934. The van der Waals surface area contributed by atoms with E-state index >= 15 is 0 Å². The molecular weight excluding hydrogens is 212 g/mol. The summed E-state index contributed by atoms with van der Waals surface area (Å²) >= 11 is 6.19. The van der Waals surface area contributed by atoms with Crippen LogP contribution < -0.4 is 4.74 Å². The predicted octanol–water partition coefficient (Wildman–Crippen LogP) is 2.62. The van der Waals surface area contributed by atoms with Crippen molar-refractivity contribution >= 4 is 11.6 Å². The van der Waals surface area contributed by atoms with Crippen molar-refractivity contribution in [1.29, 1.82) is 0 Å². The van der Waals surface area contributed by atoms with Gasteiger partial charge >= 0.3 is 0 Å². The van der Waals surface area contributed by atoms with Crippen molar-refractivity contribution in [1.82, 2.24) is 0 Å². The van der Waals surface area contributed by atoms with Crippen LogP contribution in [0, 0.1) is 5.92 Å². The molecule has 2 atom stereocenters. The van der Waals surface area contributed by atoms with Crippen LogP contribution in [0.2, 0.25) is 5.02 Å². The highest BCUT2D eigenvalue weighted by molar-refractivity contribution is 6.31. The summed E-state index contributed by atoms with van der Waals surface area (Å²) in [6.07, 6.45) is 1.01. The van der Waals surface area contributed by atoms with Crippen molar-refractivity contribution in [2.75, 3.05) is 13.7 Å². The summed E-state index contributed by atoms with van der Waals surface area (Å²) in [5, 5.41) is 10.1. The van der Waals surface area contributed by atoms with Crippen LogP contribution in [-0.4, -0.2) is 18.8 Å². The molecule has 0 aliphatic heterocycles. The molecule has 0 saturated heterocycles. The Labute approximate surface area is 94.8 Å². The first-order valence-corrected chi connectivity index (χ1v) is 5.46. The Morgan fingerprint density at radius 3 is 2.67 bits per heavy atom. The van der Waals surface area contributed by atoms with Crippen molar-refractivity contribution < 1.29 is 9.84 Å². The summed E-state index contributed by atoms with van der Waals surface area (Å²) in [5.74, 6) is 1.26. The Morgan fingerprint density at radius 2 is 2.27 bits per heavy atom. The van der Waals surface area contributed by atoms with Gasteiger partial charge in [-0.1, -0.05) is 24.6 Å². The fourth-order valence-corrected chi connectivity index (χ4v) is 2.55. The number of benzene rings is 1. The first kappa shape index (κ1) is 10.8. The molecule has 1 aliphatic rings. The van der Waals surface area contributed by atoms with Gasteiger partial charge in [0, 0.05) is 10.4 Å². The number of hydrogen-bond acceptors (Lipinski definition) is 2. The molecule has 1 fully saturated rings. The van der Waals surface area contributed by atoms with Gasteiger partial charge in [-0.3, -0.25) is 0 Å². The second-order valence-corrected chi connectivity index (χ2v) is 4.67. The topological polar surface area (TPSA) is 29.5 Å². The first-order chi connectivity index (χ1) is 7.14. The number of halogens is 1. The lowest BCUT2D eigenvalue weighted by atomic mass is 9.94. The normalized spacial score (nSPS) is 28.9. The minimum atomic E-state index is -0.108. The molecule has 1 saturated carbocycles. The van der Waals surface area contributed by atoms with E-state index in [-0.39, 0.29) is 12.0 Å². The number of aliphatic hydroxyl groups excluding tert-OH is 1. The Kier molecular flexibility index (Phi) is 2.65. The van der Waals surface area contributed by atoms with Gasteiger partial charge < -0.3 is 9.84 Å². The third-order valence-corrected chi connectivity index (χ3v) is 3.76. The Hall–Kier alpha value is -0.730. The van der Waals surface area contributed by atoms with Crippen LogP contribution in [0.4, 0.5) is 0 Å². The molecule has 82 valence electrons. The van der Waals surface area contributed by atoms with Gasteiger partial charge in [0.15, 0.2) is 0 Å². The smallest absolute Gasteiger partial charge is 0.120 e. The van der Waals surface area contributed by atoms with E-state index in [2.05, 4.69) is 6.92 Å². The van der Waals surface area contributed by atoms with E-state index in [0.29, 0.717) is 10.9 Å². The van der Waals surface area contributed by atoms with E-state index in [9.17, 15) is 5.11 Å². The zero-order chi connectivity index (χ0) is 11.1. The molecule has 0 amide bonds. The van der Waals surface area contributed by atoms with Gasteiger partial charge in [0.2, 0.25) is 0 Å². The highest BCUT2D eigenvalue weighted by Gasteiger charge is 2.52. The van der Waals surface area contributed by atoms with E-state index in [1.807, 2.05) is 12.1 Å².